The summed E-state index contributed by atoms with van der Waals surface area (Å²) in [6, 6.07) is 0. The van der Waals surface area contributed by atoms with Gasteiger partial charge in [-0.25, -0.2) is 0 Å². The molecule has 58 valence electrons. The van der Waals surface area contributed by atoms with Crippen LogP contribution in [0, 0.1) is 0 Å². The molecule has 0 unspecified atom stereocenters. The van der Waals surface area contributed by atoms with Gasteiger partial charge in [0, 0.05) is 0 Å². The summed E-state index contributed by atoms with van der Waals surface area (Å²) < 4.78 is 0.249. The van der Waals surface area contributed by atoms with Gasteiger partial charge in [-0.3, -0.25) is 10.3 Å². The molecule has 0 aromatic rings. The molecule has 0 atom stereocenters. The second kappa shape index (κ2) is 6.92. The van der Waals surface area contributed by atoms with Crippen LogP contribution in [0.25, 0.3) is 0 Å². The predicted molar refractivity (Wildman–Crippen MR) is 39.3 cm³/mol. The summed E-state index contributed by atoms with van der Waals surface area (Å²) in [7, 11) is 0. The second-order valence-corrected chi connectivity index (χ2v) is 2.63. The van der Waals surface area contributed by atoms with Gasteiger partial charge in [0.15, 0.2) is 0 Å². The van der Waals surface area contributed by atoms with Crippen molar-refractivity contribution in [2.45, 2.75) is 20.0 Å². The predicted octanol–water partition coefficient (Wildman–Crippen LogP) is 0.745. The Morgan fingerprint density at radius 1 is 1.67 bits per heavy atom. The molecule has 0 aliphatic rings. The summed E-state index contributed by atoms with van der Waals surface area (Å²) in [6.07, 6.45) is 0.121. The van der Waals surface area contributed by atoms with E-state index in [4.69, 9.17) is 4.84 Å². The van der Waals surface area contributed by atoms with Gasteiger partial charge in [0.1, 0.15) is 0 Å². The van der Waals surface area contributed by atoms with E-state index in [0.29, 0.717) is 0 Å². The maximum Gasteiger partial charge on any atom is 1.00 e. The Kier molecular flexibility index (Phi) is 9.60. The van der Waals surface area contributed by atoms with Crippen molar-refractivity contribution in [2.75, 3.05) is 0 Å². The minimum Gasteiger partial charge on any atom is -0.409 e. The van der Waals surface area contributed by atoms with Crippen molar-refractivity contribution in [3.63, 3.8) is 0 Å². The zero-order valence-electron chi connectivity index (χ0n) is 5.10. The van der Waals surface area contributed by atoms with Crippen LogP contribution in [0.15, 0.2) is 0 Å². The number of hydroxylamine groups is 1. The van der Waals surface area contributed by atoms with E-state index in [-0.39, 0.29) is 32.8 Å². The molecule has 0 saturated carbocycles. The first-order valence-corrected chi connectivity index (χ1v) is 3.07. The molecule has 0 aromatic heterocycles. The quantitative estimate of drug-likeness (QED) is 0.341. The monoisotopic (exact) mass is 257 g/mol. The molecule has 0 fully saturated rings. The van der Waals surface area contributed by atoms with E-state index in [1.807, 2.05) is 13.8 Å². The summed E-state index contributed by atoms with van der Waals surface area (Å²) in [6.45, 7) is 3.78. The Balaban J connectivity index is 0. The van der Waals surface area contributed by atoms with Gasteiger partial charge in [-0.15, -0.1) is 0 Å². The smallest absolute Gasteiger partial charge is 0.409 e. The molecular weight excluding hydrogens is 250 g/mol. The van der Waals surface area contributed by atoms with Crippen LogP contribution in [0.3, 0.4) is 0 Å². The number of rotatable bonds is 2. The van der Waals surface area contributed by atoms with E-state index in [0.717, 1.165) is 0 Å². The number of nitrogens with one attached hydrogen (secondary N) is 1. The van der Waals surface area contributed by atoms with Crippen LogP contribution in [0.4, 0.5) is 0 Å². The van der Waals surface area contributed by atoms with Crippen LogP contribution >= 0.6 is 12.2 Å². The van der Waals surface area contributed by atoms with Crippen molar-refractivity contribution in [2.24, 2.45) is 0 Å². The van der Waals surface area contributed by atoms with Gasteiger partial charge in [-0.1, -0.05) is 0 Å². The van der Waals surface area contributed by atoms with Gasteiger partial charge in [-0.2, -0.15) is 0 Å². The first-order valence-electron chi connectivity index (χ1n) is 2.25. The third kappa shape index (κ3) is 12.1. The SMILES string of the molecule is CC(C)ONC(=S)[S-].[Ag+]. The number of hydrogen-bond donors (Lipinski definition) is 1. The largest absolute Gasteiger partial charge is 1.00 e. The Bertz CT molecular complexity index is 88.6. The molecule has 0 amide bonds. The Morgan fingerprint density at radius 2 is 2.11 bits per heavy atom. The molecule has 9 heavy (non-hydrogen) atoms. The molecule has 0 bridgehead atoms. The molecule has 0 radical (unpaired) electrons. The molecule has 0 aliphatic heterocycles. The van der Waals surface area contributed by atoms with E-state index < -0.39 is 0 Å². The topological polar surface area (TPSA) is 21.3 Å². The van der Waals surface area contributed by atoms with Crippen LogP contribution in [0.2, 0.25) is 0 Å². The van der Waals surface area contributed by atoms with E-state index in [1.165, 1.54) is 0 Å². The van der Waals surface area contributed by atoms with Crippen molar-refractivity contribution < 1.29 is 27.2 Å². The van der Waals surface area contributed by atoms with Crippen molar-refractivity contribution >= 4 is 29.2 Å². The Morgan fingerprint density at radius 3 is 2.22 bits per heavy atom. The molecule has 0 rings (SSSR count). The van der Waals surface area contributed by atoms with E-state index in [1.54, 1.807) is 0 Å². The Labute approximate surface area is 81.6 Å². The van der Waals surface area contributed by atoms with E-state index >= 15 is 0 Å². The summed E-state index contributed by atoms with van der Waals surface area (Å²) >= 11 is 8.99. The number of thiocarbonyl (C=S) groups is 1. The first kappa shape index (κ1) is 12.5. The molecule has 1 N–H and O–H groups in total. The molecule has 0 aliphatic carbocycles. The summed E-state index contributed by atoms with van der Waals surface area (Å²) in [4.78, 5) is 4.81. The van der Waals surface area contributed by atoms with Crippen LogP contribution in [0.5, 0.6) is 0 Å². The minimum atomic E-state index is 0. The fourth-order valence-corrected chi connectivity index (χ4v) is 0.262. The third-order valence-electron chi connectivity index (χ3n) is 0.378. The van der Waals surface area contributed by atoms with Crippen LogP contribution < -0.4 is 5.48 Å². The molecule has 0 aromatic carbocycles. The minimum absolute atomic E-state index is 0. The first-order chi connectivity index (χ1) is 3.63. The zero-order chi connectivity index (χ0) is 6.57. The van der Waals surface area contributed by atoms with E-state index in [2.05, 4.69) is 30.3 Å². The molecular formula is C4H8AgNOS2. The van der Waals surface area contributed by atoms with Crippen LogP contribution in [-0.4, -0.2) is 10.4 Å². The molecule has 5 heteroatoms. The summed E-state index contributed by atoms with van der Waals surface area (Å²) in [5.41, 5.74) is 2.39. The van der Waals surface area contributed by atoms with Gasteiger partial charge in [0.05, 0.1) is 6.10 Å². The van der Waals surface area contributed by atoms with Crippen LogP contribution in [-0.2, 0) is 39.8 Å². The zero-order valence-corrected chi connectivity index (χ0v) is 8.22. The third-order valence-corrected chi connectivity index (χ3v) is 0.545. The standard InChI is InChI=1S/C4H9NOS2.Ag/c1-3(2)6-5-4(7)8;/h3H,1-2H3,(H2,5,7,8);/q;+1/p-1. The normalized spacial score (nSPS) is 8.33. The fourth-order valence-electron chi connectivity index (χ4n) is 0.166. The Hall–Kier alpha value is 0.810. The van der Waals surface area contributed by atoms with Crippen molar-refractivity contribution in [3.8, 4) is 0 Å². The summed E-state index contributed by atoms with van der Waals surface area (Å²) in [5.74, 6) is 0. The fraction of sp³-hybridized carbons (Fsp3) is 0.750. The van der Waals surface area contributed by atoms with Crippen molar-refractivity contribution in [1.82, 2.24) is 5.48 Å². The van der Waals surface area contributed by atoms with Gasteiger partial charge in [-0.05, 0) is 18.2 Å². The summed E-state index contributed by atoms with van der Waals surface area (Å²) in [5, 5.41) is 0. The van der Waals surface area contributed by atoms with Crippen LogP contribution in [0.1, 0.15) is 13.8 Å². The van der Waals surface area contributed by atoms with Gasteiger partial charge in [0.2, 0.25) is 0 Å². The molecule has 2 nitrogen and oxygen atoms in total. The van der Waals surface area contributed by atoms with Gasteiger partial charge < -0.3 is 24.8 Å². The number of hydrogen-bond acceptors (Lipinski definition) is 3. The van der Waals surface area contributed by atoms with E-state index in [9.17, 15) is 0 Å². The van der Waals surface area contributed by atoms with Crippen molar-refractivity contribution in [1.29, 1.82) is 0 Å². The second-order valence-electron chi connectivity index (χ2n) is 1.56. The average molecular weight is 258 g/mol. The molecule has 0 saturated heterocycles. The maximum atomic E-state index is 4.81. The average Bonchev–Trinajstić information content (AvgIpc) is 1.61. The maximum absolute atomic E-state index is 4.81. The van der Waals surface area contributed by atoms with Crippen molar-refractivity contribution in [3.05, 3.63) is 0 Å². The molecule has 0 heterocycles. The van der Waals surface area contributed by atoms with Gasteiger partial charge >= 0.3 is 22.4 Å². The van der Waals surface area contributed by atoms with Gasteiger partial charge in [0.25, 0.3) is 0 Å². The molecule has 0 spiro atoms.